The van der Waals surface area contributed by atoms with Crippen LogP contribution in [0.3, 0.4) is 0 Å². The SMILES string of the molecule is COC(=O)C1COCCN1C(=O)c1cccc(F)n1. The molecule has 0 radical (unpaired) electrons. The van der Waals surface area contributed by atoms with Crippen LogP contribution in [0.5, 0.6) is 0 Å². The molecule has 0 spiro atoms. The van der Waals surface area contributed by atoms with Crippen molar-refractivity contribution in [3.63, 3.8) is 0 Å². The van der Waals surface area contributed by atoms with Gasteiger partial charge in [0.2, 0.25) is 5.95 Å². The van der Waals surface area contributed by atoms with Gasteiger partial charge in [-0.05, 0) is 12.1 Å². The van der Waals surface area contributed by atoms with E-state index in [9.17, 15) is 14.0 Å². The van der Waals surface area contributed by atoms with Crippen LogP contribution >= 0.6 is 0 Å². The molecule has 1 unspecified atom stereocenters. The number of carbonyl (C=O) groups is 2. The van der Waals surface area contributed by atoms with Crippen molar-refractivity contribution in [3.05, 3.63) is 29.8 Å². The summed E-state index contributed by atoms with van der Waals surface area (Å²) in [7, 11) is 1.24. The predicted octanol–water partition coefficient (Wildman–Crippen LogP) is 0.235. The molecule has 0 saturated carbocycles. The van der Waals surface area contributed by atoms with E-state index in [0.29, 0.717) is 6.61 Å². The minimum absolute atomic E-state index is 0.0456. The van der Waals surface area contributed by atoms with E-state index in [1.165, 1.54) is 24.1 Å². The molecule has 0 N–H and O–H groups in total. The summed E-state index contributed by atoms with van der Waals surface area (Å²) in [5.41, 5.74) is -0.0456. The van der Waals surface area contributed by atoms with E-state index in [1.54, 1.807) is 0 Å². The third kappa shape index (κ3) is 2.87. The first-order valence-electron chi connectivity index (χ1n) is 5.72. The van der Waals surface area contributed by atoms with Gasteiger partial charge in [-0.15, -0.1) is 0 Å². The summed E-state index contributed by atoms with van der Waals surface area (Å²) in [6.45, 7) is 0.610. The van der Waals surface area contributed by atoms with Crippen LogP contribution in [0.15, 0.2) is 18.2 Å². The van der Waals surface area contributed by atoms with Crippen molar-refractivity contribution in [2.45, 2.75) is 6.04 Å². The quantitative estimate of drug-likeness (QED) is 0.567. The topological polar surface area (TPSA) is 68.7 Å². The summed E-state index contributed by atoms with van der Waals surface area (Å²) >= 11 is 0. The van der Waals surface area contributed by atoms with Crippen LogP contribution in [0.1, 0.15) is 10.5 Å². The number of hydrogen-bond donors (Lipinski definition) is 0. The molecule has 6 nitrogen and oxygen atoms in total. The third-order valence-corrected chi connectivity index (χ3v) is 2.80. The Bertz CT molecular complexity index is 494. The zero-order valence-electron chi connectivity index (χ0n) is 10.3. The molecule has 1 atom stereocenters. The van der Waals surface area contributed by atoms with Crippen LogP contribution in [0.4, 0.5) is 4.39 Å². The second-order valence-electron chi connectivity index (χ2n) is 3.96. The maximum atomic E-state index is 13.0. The molecule has 19 heavy (non-hydrogen) atoms. The number of nitrogens with zero attached hydrogens (tertiary/aromatic N) is 2. The molecular formula is C12H13FN2O4. The normalized spacial score (nSPS) is 19.1. The van der Waals surface area contributed by atoms with Gasteiger partial charge in [0.1, 0.15) is 5.69 Å². The lowest BCUT2D eigenvalue weighted by atomic mass is 10.2. The van der Waals surface area contributed by atoms with Gasteiger partial charge in [0.25, 0.3) is 5.91 Å². The van der Waals surface area contributed by atoms with E-state index in [4.69, 9.17) is 4.74 Å². The Hall–Kier alpha value is -2.02. The molecule has 1 aliphatic heterocycles. The van der Waals surface area contributed by atoms with Gasteiger partial charge in [0.05, 0.1) is 20.3 Å². The molecule has 0 aliphatic carbocycles. The van der Waals surface area contributed by atoms with Gasteiger partial charge in [0.15, 0.2) is 6.04 Å². The van der Waals surface area contributed by atoms with Gasteiger partial charge < -0.3 is 14.4 Å². The first-order chi connectivity index (χ1) is 9.13. The van der Waals surface area contributed by atoms with E-state index < -0.39 is 23.9 Å². The fraction of sp³-hybridized carbons (Fsp3) is 0.417. The summed E-state index contributed by atoms with van der Waals surface area (Å²) in [5, 5.41) is 0. The first-order valence-corrected chi connectivity index (χ1v) is 5.72. The van der Waals surface area contributed by atoms with Crippen molar-refractivity contribution in [3.8, 4) is 0 Å². The fourth-order valence-corrected chi connectivity index (χ4v) is 1.85. The van der Waals surface area contributed by atoms with E-state index in [1.807, 2.05) is 0 Å². The molecule has 1 aliphatic rings. The molecule has 2 rings (SSSR count). The number of carbonyl (C=O) groups excluding carboxylic acids is 2. The highest BCUT2D eigenvalue weighted by Crippen LogP contribution is 2.13. The molecule has 102 valence electrons. The summed E-state index contributed by atoms with van der Waals surface area (Å²) in [6.07, 6.45) is 0. The maximum absolute atomic E-state index is 13.0. The van der Waals surface area contributed by atoms with Crippen LogP contribution in [0, 0.1) is 5.95 Å². The molecule has 1 saturated heterocycles. The molecule has 2 heterocycles. The zero-order valence-corrected chi connectivity index (χ0v) is 10.3. The zero-order chi connectivity index (χ0) is 13.8. The molecule has 0 aromatic carbocycles. The number of halogens is 1. The number of amides is 1. The Morgan fingerprint density at radius 1 is 1.53 bits per heavy atom. The molecule has 1 aromatic rings. The maximum Gasteiger partial charge on any atom is 0.331 e. The van der Waals surface area contributed by atoms with Crippen LogP contribution in [-0.2, 0) is 14.3 Å². The van der Waals surface area contributed by atoms with Crippen molar-refractivity contribution >= 4 is 11.9 Å². The van der Waals surface area contributed by atoms with Gasteiger partial charge in [-0.1, -0.05) is 6.07 Å². The second kappa shape index (κ2) is 5.75. The number of ether oxygens (including phenoxy) is 2. The number of aromatic nitrogens is 1. The fourth-order valence-electron chi connectivity index (χ4n) is 1.85. The van der Waals surface area contributed by atoms with Crippen molar-refractivity contribution < 1.29 is 23.5 Å². The summed E-state index contributed by atoms with van der Waals surface area (Å²) in [5.74, 6) is -1.82. The highest BCUT2D eigenvalue weighted by molar-refractivity contribution is 5.95. The molecule has 1 amide bonds. The molecule has 0 bridgehead atoms. The Morgan fingerprint density at radius 2 is 2.32 bits per heavy atom. The predicted molar refractivity (Wildman–Crippen MR) is 61.9 cm³/mol. The van der Waals surface area contributed by atoms with E-state index in [2.05, 4.69) is 9.72 Å². The number of hydrogen-bond acceptors (Lipinski definition) is 5. The highest BCUT2D eigenvalue weighted by Gasteiger charge is 2.34. The molecular weight excluding hydrogens is 255 g/mol. The molecule has 1 fully saturated rings. The third-order valence-electron chi connectivity index (χ3n) is 2.80. The van der Waals surface area contributed by atoms with Crippen LogP contribution in [0.2, 0.25) is 0 Å². The molecule has 1 aromatic heterocycles. The minimum Gasteiger partial charge on any atom is -0.467 e. The van der Waals surface area contributed by atoms with E-state index in [-0.39, 0.29) is 18.8 Å². The Morgan fingerprint density at radius 3 is 3.00 bits per heavy atom. The highest BCUT2D eigenvalue weighted by atomic mass is 19.1. The number of methoxy groups -OCH3 is 1. The molecule has 7 heteroatoms. The van der Waals surface area contributed by atoms with Crippen LogP contribution in [0.25, 0.3) is 0 Å². The van der Waals surface area contributed by atoms with Gasteiger partial charge in [-0.3, -0.25) is 4.79 Å². The van der Waals surface area contributed by atoms with Gasteiger partial charge in [-0.25, -0.2) is 9.78 Å². The average Bonchev–Trinajstić information content (AvgIpc) is 2.45. The number of esters is 1. The van der Waals surface area contributed by atoms with Crippen molar-refractivity contribution in [2.24, 2.45) is 0 Å². The van der Waals surface area contributed by atoms with Gasteiger partial charge in [-0.2, -0.15) is 4.39 Å². The first kappa shape index (κ1) is 13.4. The van der Waals surface area contributed by atoms with Crippen molar-refractivity contribution in [2.75, 3.05) is 26.9 Å². The lowest BCUT2D eigenvalue weighted by molar-refractivity contribution is -0.151. The Kier molecular flexibility index (Phi) is 4.06. The van der Waals surface area contributed by atoms with E-state index >= 15 is 0 Å². The lowest BCUT2D eigenvalue weighted by Crippen LogP contribution is -2.53. The monoisotopic (exact) mass is 268 g/mol. The summed E-state index contributed by atoms with van der Waals surface area (Å²) in [6, 6.07) is 3.11. The smallest absolute Gasteiger partial charge is 0.331 e. The lowest BCUT2D eigenvalue weighted by Gasteiger charge is -2.33. The van der Waals surface area contributed by atoms with Gasteiger partial charge in [0, 0.05) is 6.54 Å². The Labute approximate surface area is 109 Å². The average molecular weight is 268 g/mol. The van der Waals surface area contributed by atoms with Crippen LogP contribution in [-0.4, -0.2) is 54.7 Å². The number of morpholine rings is 1. The summed E-state index contributed by atoms with van der Waals surface area (Å²) in [4.78, 5) is 28.6. The largest absolute Gasteiger partial charge is 0.467 e. The standard InChI is InChI=1S/C12H13FN2O4/c1-18-12(17)9-7-19-6-5-15(9)11(16)8-3-2-4-10(13)14-8/h2-4,9H,5-7H2,1H3. The van der Waals surface area contributed by atoms with Gasteiger partial charge >= 0.3 is 5.97 Å². The van der Waals surface area contributed by atoms with Crippen molar-refractivity contribution in [1.82, 2.24) is 9.88 Å². The van der Waals surface area contributed by atoms with E-state index in [0.717, 1.165) is 6.07 Å². The Balaban J connectivity index is 2.22. The second-order valence-corrected chi connectivity index (χ2v) is 3.96. The number of pyridine rings is 1. The number of rotatable bonds is 2. The summed E-state index contributed by atoms with van der Waals surface area (Å²) < 4.78 is 22.8. The van der Waals surface area contributed by atoms with Crippen molar-refractivity contribution in [1.29, 1.82) is 0 Å². The minimum atomic E-state index is -0.823. The van der Waals surface area contributed by atoms with Crippen LogP contribution < -0.4 is 0 Å².